The Morgan fingerprint density at radius 1 is 1.05 bits per heavy atom. The summed E-state index contributed by atoms with van der Waals surface area (Å²) in [6.45, 7) is 0.216. The topological polar surface area (TPSA) is 244 Å². The van der Waals surface area contributed by atoms with Crippen LogP contribution in [-0.4, -0.2) is 81.2 Å². The zero-order chi connectivity index (χ0) is 28.7. The molecular weight excluding hydrogens is 510 g/mol. The number of aromatic amines is 1. The average Bonchev–Trinajstić information content (AvgIpc) is 3.52. The third-order valence-corrected chi connectivity index (χ3v) is 6.60. The number of para-hydroxylation sites is 1. The number of rotatable bonds is 13. The summed E-state index contributed by atoms with van der Waals surface area (Å²) in [5.74, 6) is -4.90. The highest BCUT2D eigenvalue weighted by Gasteiger charge is 2.38. The second kappa shape index (κ2) is 12.9. The molecule has 0 bridgehead atoms. The fourth-order valence-electron chi connectivity index (χ4n) is 4.64. The minimum Gasteiger partial charge on any atom is -0.480 e. The number of H-pyrrole nitrogens is 1. The maximum Gasteiger partial charge on any atom is 0.326 e. The Bertz CT molecular complexity index is 1260. The van der Waals surface area contributed by atoms with Crippen LogP contribution in [0.3, 0.4) is 0 Å². The number of hydrogen-bond acceptors (Lipinski definition) is 7. The molecule has 14 nitrogen and oxygen atoms in total. The fraction of sp³-hybridized carbons (Fsp3) is 0.440. The molecule has 2 heterocycles. The molecule has 4 unspecified atom stereocenters. The lowest BCUT2D eigenvalue weighted by Gasteiger charge is -2.28. The first-order valence-electron chi connectivity index (χ1n) is 12.5. The summed E-state index contributed by atoms with van der Waals surface area (Å²) in [4.78, 5) is 77.8. The van der Waals surface area contributed by atoms with Crippen LogP contribution >= 0.6 is 0 Å². The third-order valence-electron chi connectivity index (χ3n) is 6.60. The number of carboxylic acids is 1. The minimum absolute atomic E-state index is 0.0375. The summed E-state index contributed by atoms with van der Waals surface area (Å²) in [5, 5.41) is 15.6. The number of primary amides is 2. The molecule has 210 valence electrons. The Balaban J connectivity index is 1.73. The van der Waals surface area contributed by atoms with Gasteiger partial charge < -0.3 is 42.8 Å². The van der Waals surface area contributed by atoms with Crippen LogP contribution in [-0.2, 0) is 35.2 Å². The van der Waals surface area contributed by atoms with E-state index in [1.165, 1.54) is 4.90 Å². The molecule has 1 aliphatic heterocycles. The van der Waals surface area contributed by atoms with E-state index >= 15 is 0 Å². The third kappa shape index (κ3) is 7.54. The van der Waals surface area contributed by atoms with Gasteiger partial charge in [-0.05, 0) is 30.9 Å². The van der Waals surface area contributed by atoms with Gasteiger partial charge >= 0.3 is 5.97 Å². The summed E-state index contributed by atoms with van der Waals surface area (Å²) in [5.41, 5.74) is 17.6. The predicted octanol–water partition coefficient (Wildman–Crippen LogP) is -1.78. The lowest BCUT2D eigenvalue weighted by Crippen LogP contribution is -2.57. The van der Waals surface area contributed by atoms with E-state index in [1.807, 2.05) is 18.2 Å². The van der Waals surface area contributed by atoms with Crippen LogP contribution in [0.4, 0.5) is 0 Å². The predicted molar refractivity (Wildman–Crippen MR) is 138 cm³/mol. The lowest BCUT2D eigenvalue weighted by molar-refractivity contribution is -0.143. The van der Waals surface area contributed by atoms with E-state index < -0.39 is 59.7 Å². The van der Waals surface area contributed by atoms with Gasteiger partial charge in [-0.1, -0.05) is 18.2 Å². The average molecular weight is 544 g/mol. The number of carboxylic acid groups (broad SMARTS) is 1. The molecule has 1 saturated heterocycles. The van der Waals surface area contributed by atoms with Crippen molar-refractivity contribution in [3.63, 3.8) is 0 Å². The van der Waals surface area contributed by atoms with E-state index in [0.29, 0.717) is 12.0 Å². The van der Waals surface area contributed by atoms with Gasteiger partial charge in [0, 0.05) is 36.5 Å². The number of benzene rings is 1. The van der Waals surface area contributed by atoms with Crippen LogP contribution in [0.5, 0.6) is 0 Å². The molecule has 4 atom stereocenters. The van der Waals surface area contributed by atoms with Crippen molar-refractivity contribution < 1.29 is 33.9 Å². The van der Waals surface area contributed by atoms with E-state index in [9.17, 15) is 33.9 Å². The number of nitrogens with one attached hydrogen (secondary N) is 3. The van der Waals surface area contributed by atoms with Gasteiger partial charge in [0.1, 0.15) is 18.1 Å². The van der Waals surface area contributed by atoms with Crippen LogP contribution in [0.25, 0.3) is 10.9 Å². The molecular formula is C25H33N7O7. The molecule has 0 radical (unpaired) electrons. The van der Waals surface area contributed by atoms with Gasteiger partial charge in [-0.2, -0.15) is 0 Å². The zero-order valence-corrected chi connectivity index (χ0v) is 21.2. The summed E-state index contributed by atoms with van der Waals surface area (Å²) in [7, 11) is 0. The Morgan fingerprint density at radius 3 is 2.44 bits per heavy atom. The van der Waals surface area contributed by atoms with Crippen LogP contribution in [0.1, 0.15) is 37.7 Å². The molecule has 1 aromatic carbocycles. The first-order valence-corrected chi connectivity index (χ1v) is 12.5. The van der Waals surface area contributed by atoms with E-state index in [4.69, 9.17) is 17.2 Å². The monoisotopic (exact) mass is 543 g/mol. The number of aliphatic carboxylic acids is 1. The number of carbonyl (C=O) groups excluding carboxylic acids is 5. The summed E-state index contributed by atoms with van der Waals surface area (Å²) in [6, 6.07) is 2.47. The molecule has 5 amide bonds. The van der Waals surface area contributed by atoms with E-state index in [2.05, 4.69) is 15.6 Å². The number of likely N-dealkylation sites (tertiary alicyclic amines) is 1. The van der Waals surface area contributed by atoms with E-state index in [1.54, 1.807) is 12.3 Å². The maximum absolute atomic E-state index is 13.2. The molecule has 39 heavy (non-hydrogen) atoms. The van der Waals surface area contributed by atoms with Gasteiger partial charge in [-0.25, -0.2) is 4.79 Å². The largest absolute Gasteiger partial charge is 0.480 e. The highest BCUT2D eigenvalue weighted by molar-refractivity contribution is 5.95. The molecule has 0 aliphatic carbocycles. The summed E-state index contributed by atoms with van der Waals surface area (Å²) < 4.78 is 0. The van der Waals surface area contributed by atoms with Crippen molar-refractivity contribution >= 4 is 46.4 Å². The van der Waals surface area contributed by atoms with E-state index in [0.717, 1.165) is 10.9 Å². The molecule has 14 heteroatoms. The summed E-state index contributed by atoms with van der Waals surface area (Å²) >= 11 is 0. The Morgan fingerprint density at radius 2 is 1.77 bits per heavy atom. The fourth-order valence-corrected chi connectivity index (χ4v) is 4.64. The van der Waals surface area contributed by atoms with Crippen LogP contribution in [0, 0.1) is 0 Å². The maximum atomic E-state index is 13.2. The highest BCUT2D eigenvalue weighted by Crippen LogP contribution is 2.21. The van der Waals surface area contributed by atoms with Gasteiger partial charge in [0.05, 0.1) is 12.5 Å². The van der Waals surface area contributed by atoms with Crippen molar-refractivity contribution in [3.05, 3.63) is 36.0 Å². The van der Waals surface area contributed by atoms with Gasteiger partial charge in [-0.15, -0.1) is 0 Å². The number of nitrogens with two attached hydrogens (primary N) is 3. The molecule has 3 rings (SSSR count). The second-order valence-electron chi connectivity index (χ2n) is 9.50. The molecule has 0 saturated carbocycles. The Hall–Kier alpha value is -4.46. The van der Waals surface area contributed by atoms with Crippen molar-refractivity contribution in [1.82, 2.24) is 20.5 Å². The van der Waals surface area contributed by atoms with Crippen molar-refractivity contribution in [2.45, 2.75) is 62.7 Å². The molecule has 1 fully saturated rings. The van der Waals surface area contributed by atoms with Crippen molar-refractivity contribution in [3.8, 4) is 0 Å². The Kier molecular flexibility index (Phi) is 9.60. The van der Waals surface area contributed by atoms with Crippen molar-refractivity contribution in [2.24, 2.45) is 17.2 Å². The lowest BCUT2D eigenvalue weighted by atomic mass is 10.0. The zero-order valence-electron chi connectivity index (χ0n) is 21.2. The van der Waals surface area contributed by atoms with Gasteiger partial charge in [0.15, 0.2) is 0 Å². The van der Waals surface area contributed by atoms with Crippen LogP contribution in [0.15, 0.2) is 30.5 Å². The molecule has 2 aromatic rings. The highest BCUT2D eigenvalue weighted by atomic mass is 16.4. The molecule has 10 N–H and O–H groups in total. The Labute approximate surface area is 223 Å². The number of aromatic nitrogens is 1. The second-order valence-corrected chi connectivity index (χ2v) is 9.50. The SMILES string of the molecule is NC(=O)CCC(NC(=O)C1CCCN1C(=O)C(N)CC(N)=O)C(=O)NC(Cc1c[nH]c2ccccc12)C(=O)O. The van der Waals surface area contributed by atoms with Crippen LogP contribution in [0.2, 0.25) is 0 Å². The first kappa shape index (κ1) is 29.1. The number of carbonyl (C=O) groups is 6. The number of hydrogen-bond donors (Lipinski definition) is 7. The summed E-state index contributed by atoms with van der Waals surface area (Å²) in [6.07, 6.45) is 1.56. The van der Waals surface area contributed by atoms with Gasteiger partial charge in [0.25, 0.3) is 0 Å². The number of amides is 5. The van der Waals surface area contributed by atoms with Gasteiger partial charge in [0.2, 0.25) is 29.5 Å². The van der Waals surface area contributed by atoms with E-state index in [-0.39, 0.29) is 38.6 Å². The quantitative estimate of drug-likeness (QED) is 0.152. The smallest absolute Gasteiger partial charge is 0.326 e. The van der Waals surface area contributed by atoms with Crippen molar-refractivity contribution in [2.75, 3.05) is 6.54 Å². The van der Waals surface area contributed by atoms with Crippen molar-refractivity contribution in [1.29, 1.82) is 0 Å². The normalized spacial score (nSPS) is 17.3. The molecule has 1 aromatic heterocycles. The molecule has 1 aliphatic rings. The molecule has 0 spiro atoms. The van der Waals surface area contributed by atoms with Crippen LogP contribution < -0.4 is 27.8 Å². The standard InChI is InChI=1S/C25H33N7O7/c26-15(11-21(28)34)24(37)32-9-3-6-19(32)23(36)30-17(7-8-20(27)33)22(35)31-18(25(38)39)10-13-12-29-16-5-2-1-4-14(13)16/h1-2,4-5,12,15,17-19,29H,3,6-11,26H2,(H2,27,33)(H2,28,34)(H,30,36)(H,31,35)(H,38,39). The van der Waals surface area contributed by atoms with Gasteiger partial charge in [-0.3, -0.25) is 24.0 Å². The number of fused-ring (bicyclic) bond motifs is 1. The number of nitrogens with zero attached hydrogens (tertiary/aromatic N) is 1. The first-order chi connectivity index (χ1) is 18.5. The minimum atomic E-state index is -1.33.